The van der Waals surface area contributed by atoms with Crippen LogP contribution in [0.3, 0.4) is 0 Å². The van der Waals surface area contributed by atoms with Crippen molar-refractivity contribution in [1.29, 1.82) is 5.26 Å². The van der Waals surface area contributed by atoms with Gasteiger partial charge >= 0.3 is 0 Å². The standard InChI is InChI=1S/C18H14BrClN6O2S/c1-11-8-12(29(2,28)23-10-21)5-6-14(11)24-18(27)15-9-16(19)25-26(15)17-13(20)4-3-7-22-17/h3-9H,1-2H3,(H,24,27). The van der Waals surface area contributed by atoms with Crippen LogP contribution in [-0.4, -0.2) is 31.1 Å². The Hall–Kier alpha value is -2.74. The summed E-state index contributed by atoms with van der Waals surface area (Å²) >= 11 is 9.45. The monoisotopic (exact) mass is 492 g/mol. The number of nitriles is 1. The van der Waals surface area contributed by atoms with Crippen LogP contribution in [0.5, 0.6) is 0 Å². The quantitative estimate of drug-likeness (QED) is 0.548. The number of rotatable bonds is 4. The number of nitrogens with one attached hydrogen (secondary N) is 1. The second-order valence-electron chi connectivity index (χ2n) is 6.00. The number of hydrogen-bond acceptors (Lipinski definition) is 6. The Balaban J connectivity index is 1.95. The first-order valence-corrected chi connectivity index (χ1v) is 11.2. The molecule has 3 aromatic rings. The number of benzene rings is 1. The van der Waals surface area contributed by atoms with Crippen LogP contribution in [0.2, 0.25) is 5.02 Å². The summed E-state index contributed by atoms with van der Waals surface area (Å²) in [6.45, 7) is 1.75. The van der Waals surface area contributed by atoms with Gasteiger partial charge in [0.25, 0.3) is 5.91 Å². The number of carbonyl (C=O) groups is 1. The highest BCUT2D eigenvalue weighted by Crippen LogP contribution is 2.24. The molecule has 0 saturated heterocycles. The molecule has 1 unspecified atom stereocenters. The van der Waals surface area contributed by atoms with E-state index in [4.69, 9.17) is 16.9 Å². The van der Waals surface area contributed by atoms with Crippen molar-refractivity contribution >= 4 is 48.9 Å². The fraction of sp³-hybridized carbons (Fsp3) is 0.111. The van der Waals surface area contributed by atoms with Crippen molar-refractivity contribution in [3.05, 3.63) is 63.5 Å². The van der Waals surface area contributed by atoms with Gasteiger partial charge in [0, 0.05) is 29.1 Å². The zero-order chi connectivity index (χ0) is 21.2. The Bertz CT molecular complexity index is 1270. The number of nitrogens with zero attached hydrogens (tertiary/aromatic N) is 5. The molecule has 29 heavy (non-hydrogen) atoms. The lowest BCUT2D eigenvalue weighted by molar-refractivity contribution is 0.101. The topological polar surface area (TPSA) is 113 Å². The van der Waals surface area contributed by atoms with E-state index in [2.05, 4.69) is 35.7 Å². The van der Waals surface area contributed by atoms with E-state index in [1.165, 1.54) is 10.9 Å². The van der Waals surface area contributed by atoms with Crippen molar-refractivity contribution < 1.29 is 9.00 Å². The van der Waals surface area contributed by atoms with Gasteiger partial charge in [-0.3, -0.25) is 4.79 Å². The minimum absolute atomic E-state index is 0.222. The lowest BCUT2D eigenvalue weighted by Crippen LogP contribution is -2.18. The van der Waals surface area contributed by atoms with Crippen LogP contribution in [0.4, 0.5) is 5.69 Å². The van der Waals surface area contributed by atoms with E-state index in [0.717, 1.165) is 0 Å². The van der Waals surface area contributed by atoms with E-state index in [1.807, 2.05) is 0 Å². The number of amides is 1. The maximum atomic E-state index is 12.9. The normalized spacial score (nSPS) is 12.7. The van der Waals surface area contributed by atoms with Crippen molar-refractivity contribution in [1.82, 2.24) is 14.8 Å². The predicted molar refractivity (Wildman–Crippen MR) is 114 cm³/mol. The molecule has 1 amide bonds. The third-order valence-electron chi connectivity index (χ3n) is 3.95. The number of aryl methyl sites for hydroxylation is 1. The lowest BCUT2D eigenvalue weighted by atomic mass is 10.2. The number of anilines is 1. The highest BCUT2D eigenvalue weighted by molar-refractivity contribution is 9.10. The zero-order valence-electron chi connectivity index (χ0n) is 15.3. The highest BCUT2D eigenvalue weighted by atomic mass is 79.9. The van der Waals surface area contributed by atoms with Gasteiger partial charge in [-0.25, -0.2) is 13.9 Å². The van der Waals surface area contributed by atoms with Gasteiger partial charge in [0.2, 0.25) is 6.19 Å². The zero-order valence-corrected chi connectivity index (χ0v) is 18.4. The number of halogens is 2. The number of carbonyl (C=O) groups excluding carboxylic acids is 1. The van der Waals surface area contributed by atoms with Gasteiger partial charge in [0.15, 0.2) is 5.82 Å². The van der Waals surface area contributed by atoms with Gasteiger partial charge in [-0.1, -0.05) is 11.6 Å². The van der Waals surface area contributed by atoms with E-state index < -0.39 is 15.6 Å². The molecule has 8 nitrogen and oxygen atoms in total. The fourth-order valence-electron chi connectivity index (χ4n) is 2.54. The second-order valence-corrected chi connectivity index (χ2v) is 9.48. The molecule has 148 valence electrons. The van der Waals surface area contributed by atoms with Gasteiger partial charge in [0.1, 0.15) is 10.3 Å². The first-order chi connectivity index (χ1) is 13.7. The first-order valence-electron chi connectivity index (χ1n) is 8.11. The first kappa shape index (κ1) is 21.0. The Kier molecular flexibility index (Phi) is 6.02. The summed E-state index contributed by atoms with van der Waals surface area (Å²) in [6, 6.07) is 9.69. The third kappa shape index (κ3) is 4.48. The minimum Gasteiger partial charge on any atom is -0.320 e. The van der Waals surface area contributed by atoms with Gasteiger partial charge in [0.05, 0.1) is 14.8 Å². The average Bonchev–Trinajstić information content (AvgIpc) is 3.05. The second kappa shape index (κ2) is 8.32. The fourth-order valence-corrected chi connectivity index (χ4v) is 4.09. The molecule has 0 bridgehead atoms. The Morgan fingerprint density at radius 1 is 1.38 bits per heavy atom. The van der Waals surface area contributed by atoms with E-state index in [9.17, 15) is 9.00 Å². The summed E-state index contributed by atoms with van der Waals surface area (Å²) in [7, 11) is -2.82. The molecule has 0 aliphatic heterocycles. The molecule has 0 aliphatic rings. The number of pyridine rings is 1. The van der Waals surface area contributed by atoms with E-state index in [1.54, 1.807) is 55.7 Å². The molecule has 1 aromatic carbocycles. The number of aromatic nitrogens is 3. The number of hydrogen-bond donors (Lipinski definition) is 1. The molecule has 2 aromatic heterocycles. The summed E-state index contributed by atoms with van der Waals surface area (Å²) in [4.78, 5) is 17.5. The molecule has 11 heteroatoms. The van der Waals surface area contributed by atoms with Gasteiger partial charge in [-0.2, -0.15) is 10.4 Å². The van der Waals surface area contributed by atoms with Crippen LogP contribution < -0.4 is 5.32 Å². The third-order valence-corrected chi connectivity index (χ3v) is 6.19. The highest BCUT2D eigenvalue weighted by Gasteiger charge is 2.19. The predicted octanol–water partition coefficient (Wildman–Crippen LogP) is 4.18. The maximum absolute atomic E-state index is 12.9. The largest absolute Gasteiger partial charge is 0.320 e. The van der Waals surface area contributed by atoms with Crippen molar-refractivity contribution in [2.45, 2.75) is 11.8 Å². The summed E-state index contributed by atoms with van der Waals surface area (Å²) < 4.78 is 17.7. The maximum Gasteiger partial charge on any atom is 0.274 e. The van der Waals surface area contributed by atoms with Gasteiger partial charge < -0.3 is 5.32 Å². The van der Waals surface area contributed by atoms with E-state index in [0.29, 0.717) is 31.6 Å². The van der Waals surface area contributed by atoms with Crippen LogP contribution in [0.25, 0.3) is 5.82 Å². The van der Waals surface area contributed by atoms with Crippen LogP contribution in [0.1, 0.15) is 16.1 Å². The van der Waals surface area contributed by atoms with Crippen LogP contribution in [-0.2, 0) is 9.73 Å². The summed E-state index contributed by atoms with van der Waals surface area (Å²) in [5.74, 6) is -0.111. The van der Waals surface area contributed by atoms with Gasteiger partial charge in [-0.15, -0.1) is 4.36 Å². The van der Waals surface area contributed by atoms with Gasteiger partial charge in [-0.05, 0) is 58.7 Å². The van der Waals surface area contributed by atoms with Crippen molar-refractivity contribution in [2.75, 3.05) is 11.6 Å². The summed E-state index contributed by atoms with van der Waals surface area (Å²) in [6.07, 6.45) is 4.51. The molecular formula is C18H14BrClN6O2S. The van der Waals surface area contributed by atoms with E-state index in [-0.39, 0.29) is 5.69 Å². The minimum atomic E-state index is -2.82. The van der Waals surface area contributed by atoms with Crippen LogP contribution in [0.15, 0.2) is 56.5 Å². The van der Waals surface area contributed by atoms with Crippen LogP contribution >= 0.6 is 27.5 Å². The molecule has 1 N–H and O–H groups in total. The summed E-state index contributed by atoms with van der Waals surface area (Å²) in [5, 5.41) is 16.1. The molecule has 3 rings (SSSR count). The molecule has 0 radical (unpaired) electrons. The molecule has 0 aliphatic carbocycles. The van der Waals surface area contributed by atoms with Crippen molar-refractivity contribution in [3.8, 4) is 12.0 Å². The Morgan fingerprint density at radius 3 is 2.79 bits per heavy atom. The average molecular weight is 494 g/mol. The summed E-state index contributed by atoms with van der Waals surface area (Å²) in [5.41, 5.74) is 1.40. The molecule has 0 spiro atoms. The smallest absolute Gasteiger partial charge is 0.274 e. The lowest BCUT2D eigenvalue weighted by Gasteiger charge is -2.12. The van der Waals surface area contributed by atoms with Crippen molar-refractivity contribution in [3.63, 3.8) is 0 Å². The van der Waals surface area contributed by atoms with Crippen molar-refractivity contribution in [2.24, 2.45) is 4.36 Å². The van der Waals surface area contributed by atoms with E-state index >= 15 is 0 Å². The SMILES string of the molecule is Cc1cc(S(C)(=O)=NC#N)ccc1NC(=O)c1cc(Br)nn1-c1ncccc1Cl. The molecule has 2 heterocycles. The van der Waals surface area contributed by atoms with Crippen LogP contribution in [0, 0.1) is 18.4 Å². The molecular weight excluding hydrogens is 480 g/mol. The molecule has 0 saturated carbocycles. The molecule has 1 atom stereocenters. The Labute approximate surface area is 180 Å². The molecule has 0 fully saturated rings. The Morgan fingerprint density at radius 2 is 2.14 bits per heavy atom.